The number of carbonyl (C=O) groups excluding carboxylic acids is 1. The molecule has 1 aromatic rings. The number of benzene rings is 1. The molecule has 1 rings (SSSR count). The van der Waals surface area contributed by atoms with Gasteiger partial charge in [-0.2, -0.15) is 0 Å². The van der Waals surface area contributed by atoms with Crippen LogP contribution in [0.5, 0.6) is 5.75 Å². The predicted molar refractivity (Wildman–Crippen MR) is 95.0 cm³/mol. The molecular formula is C20H32O3. The van der Waals surface area contributed by atoms with Gasteiger partial charge in [-0.15, -0.1) is 0 Å². The maximum atomic E-state index is 11.6. The van der Waals surface area contributed by atoms with E-state index in [1.54, 1.807) is 0 Å². The SMILES string of the molecule is CCCCCCCOC(=O)Oc1ccc(CCCCCC)cc1. The third kappa shape index (κ3) is 9.98. The van der Waals surface area contributed by atoms with Gasteiger partial charge in [-0.1, -0.05) is 70.9 Å². The van der Waals surface area contributed by atoms with E-state index in [1.165, 1.54) is 50.5 Å². The minimum Gasteiger partial charge on any atom is -0.434 e. The van der Waals surface area contributed by atoms with Crippen LogP contribution in [0.3, 0.4) is 0 Å². The number of aryl methyl sites for hydroxylation is 1. The first kappa shape index (κ1) is 19.5. The molecule has 3 heteroatoms. The summed E-state index contributed by atoms with van der Waals surface area (Å²) < 4.78 is 10.3. The maximum absolute atomic E-state index is 11.6. The van der Waals surface area contributed by atoms with Gasteiger partial charge in [-0.05, 0) is 37.0 Å². The fourth-order valence-electron chi connectivity index (χ4n) is 2.47. The first-order valence-electron chi connectivity index (χ1n) is 9.19. The van der Waals surface area contributed by atoms with E-state index < -0.39 is 6.16 Å². The van der Waals surface area contributed by atoms with Crippen LogP contribution in [-0.2, 0) is 11.2 Å². The molecule has 0 fully saturated rings. The minimum absolute atomic E-state index is 0.443. The highest BCUT2D eigenvalue weighted by Crippen LogP contribution is 2.15. The quantitative estimate of drug-likeness (QED) is 0.258. The topological polar surface area (TPSA) is 35.5 Å². The summed E-state index contributed by atoms with van der Waals surface area (Å²) in [7, 11) is 0. The Balaban J connectivity index is 2.17. The Hall–Kier alpha value is -1.51. The normalized spacial score (nSPS) is 10.5. The van der Waals surface area contributed by atoms with E-state index in [2.05, 4.69) is 13.8 Å². The fraction of sp³-hybridized carbons (Fsp3) is 0.650. The van der Waals surface area contributed by atoms with Gasteiger partial charge in [0.15, 0.2) is 0 Å². The molecule has 0 unspecified atom stereocenters. The van der Waals surface area contributed by atoms with E-state index in [1.807, 2.05) is 24.3 Å². The Morgan fingerprint density at radius 2 is 1.43 bits per heavy atom. The van der Waals surface area contributed by atoms with Gasteiger partial charge < -0.3 is 9.47 Å². The molecule has 0 amide bonds. The van der Waals surface area contributed by atoms with Gasteiger partial charge in [-0.3, -0.25) is 0 Å². The molecule has 1 aromatic carbocycles. The van der Waals surface area contributed by atoms with Crippen molar-refractivity contribution in [3.05, 3.63) is 29.8 Å². The number of hydrogen-bond donors (Lipinski definition) is 0. The van der Waals surface area contributed by atoms with Crippen LogP contribution in [0.4, 0.5) is 4.79 Å². The highest BCUT2D eigenvalue weighted by atomic mass is 16.7. The lowest BCUT2D eigenvalue weighted by Gasteiger charge is -2.07. The van der Waals surface area contributed by atoms with E-state index in [-0.39, 0.29) is 0 Å². The zero-order valence-electron chi connectivity index (χ0n) is 14.8. The van der Waals surface area contributed by atoms with E-state index >= 15 is 0 Å². The summed E-state index contributed by atoms with van der Waals surface area (Å²) in [5.74, 6) is 0.554. The van der Waals surface area contributed by atoms with Crippen LogP contribution < -0.4 is 4.74 Å². The Morgan fingerprint density at radius 3 is 2.09 bits per heavy atom. The van der Waals surface area contributed by atoms with Crippen LogP contribution in [0.2, 0.25) is 0 Å². The van der Waals surface area contributed by atoms with Gasteiger partial charge in [0.25, 0.3) is 0 Å². The molecule has 0 aliphatic heterocycles. The van der Waals surface area contributed by atoms with Crippen molar-refractivity contribution < 1.29 is 14.3 Å². The molecule has 0 saturated carbocycles. The Bertz CT molecular complexity index is 411. The molecular weight excluding hydrogens is 288 g/mol. The Labute approximate surface area is 141 Å². The Kier molecular flexibility index (Phi) is 11.0. The molecule has 0 N–H and O–H groups in total. The molecule has 0 heterocycles. The van der Waals surface area contributed by atoms with E-state index in [0.29, 0.717) is 12.4 Å². The van der Waals surface area contributed by atoms with Gasteiger partial charge in [0.1, 0.15) is 5.75 Å². The first-order chi connectivity index (χ1) is 11.3. The fourth-order valence-corrected chi connectivity index (χ4v) is 2.47. The van der Waals surface area contributed by atoms with Crippen molar-refractivity contribution >= 4 is 6.16 Å². The summed E-state index contributed by atoms with van der Waals surface area (Å²) in [6, 6.07) is 7.74. The Morgan fingerprint density at radius 1 is 0.826 bits per heavy atom. The molecule has 0 aromatic heterocycles. The molecule has 0 spiro atoms. The second-order valence-corrected chi connectivity index (χ2v) is 6.07. The van der Waals surface area contributed by atoms with Crippen molar-refractivity contribution in [2.75, 3.05) is 6.61 Å². The summed E-state index contributed by atoms with van der Waals surface area (Å²) in [6.07, 6.45) is 11.2. The zero-order chi connectivity index (χ0) is 16.8. The first-order valence-corrected chi connectivity index (χ1v) is 9.19. The molecule has 0 radical (unpaired) electrons. The molecule has 23 heavy (non-hydrogen) atoms. The second-order valence-electron chi connectivity index (χ2n) is 6.07. The van der Waals surface area contributed by atoms with Gasteiger partial charge in [0.2, 0.25) is 0 Å². The summed E-state index contributed by atoms with van der Waals surface area (Å²) >= 11 is 0. The number of rotatable bonds is 12. The van der Waals surface area contributed by atoms with E-state index in [4.69, 9.17) is 9.47 Å². The molecule has 0 aliphatic carbocycles. The molecule has 130 valence electrons. The third-order valence-corrected chi connectivity index (χ3v) is 3.91. The van der Waals surface area contributed by atoms with Gasteiger partial charge in [0.05, 0.1) is 6.61 Å². The van der Waals surface area contributed by atoms with Gasteiger partial charge in [-0.25, -0.2) is 4.79 Å². The lowest BCUT2D eigenvalue weighted by molar-refractivity contribution is 0.0973. The van der Waals surface area contributed by atoms with Crippen LogP contribution in [0.1, 0.15) is 77.2 Å². The molecule has 0 atom stereocenters. The lowest BCUT2D eigenvalue weighted by atomic mass is 10.1. The average Bonchev–Trinajstić information content (AvgIpc) is 2.56. The van der Waals surface area contributed by atoms with Crippen LogP contribution >= 0.6 is 0 Å². The molecule has 0 bridgehead atoms. The predicted octanol–water partition coefficient (Wildman–Crippen LogP) is 6.30. The highest BCUT2D eigenvalue weighted by molar-refractivity contribution is 5.63. The van der Waals surface area contributed by atoms with Crippen molar-refractivity contribution in [2.45, 2.75) is 78.1 Å². The number of hydrogen-bond acceptors (Lipinski definition) is 3. The minimum atomic E-state index is -0.601. The van der Waals surface area contributed by atoms with Crippen LogP contribution in [-0.4, -0.2) is 12.8 Å². The third-order valence-electron chi connectivity index (χ3n) is 3.91. The van der Waals surface area contributed by atoms with E-state index in [0.717, 1.165) is 19.3 Å². The number of carbonyl (C=O) groups is 1. The van der Waals surface area contributed by atoms with Crippen LogP contribution in [0.15, 0.2) is 24.3 Å². The van der Waals surface area contributed by atoms with Gasteiger partial charge >= 0.3 is 6.16 Å². The van der Waals surface area contributed by atoms with E-state index in [9.17, 15) is 4.79 Å². The number of unbranched alkanes of at least 4 members (excludes halogenated alkanes) is 7. The number of ether oxygens (including phenoxy) is 2. The standard InChI is InChI=1S/C20H32O3/c1-3-5-7-9-11-17-22-20(21)23-19-15-13-18(14-16-19)12-10-8-6-4-2/h13-16H,3-12,17H2,1-2H3. The lowest BCUT2D eigenvalue weighted by Crippen LogP contribution is -2.11. The summed E-state index contributed by atoms with van der Waals surface area (Å²) in [5, 5.41) is 0. The van der Waals surface area contributed by atoms with Crippen molar-refractivity contribution in [2.24, 2.45) is 0 Å². The monoisotopic (exact) mass is 320 g/mol. The van der Waals surface area contributed by atoms with Gasteiger partial charge in [0, 0.05) is 0 Å². The molecule has 0 saturated heterocycles. The average molecular weight is 320 g/mol. The van der Waals surface area contributed by atoms with Crippen molar-refractivity contribution in [3.8, 4) is 5.75 Å². The smallest absolute Gasteiger partial charge is 0.434 e. The molecule has 3 nitrogen and oxygen atoms in total. The van der Waals surface area contributed by atoms with Crippen molar-refractivity contribution in [3.63, 3.8) is 0 Å². The maximum Gasteiger partial charge on any atom is 0.513 e. The summed E-state index contributed by atoms with van der Waals surface area (Å²) in [5.41, 5.74) is 1.29. The summed E-state index contributed by atoms with van der Waals surface area (Å²) in [6.45, 7) is 4.85. The van der Waals surface area contributed by atoms with Crippen molar-refractivity contribution in [1.82, 2.24) is 0 Å². The second kappa shape index (κ2) is 13.0. The summed E-state index contributed by atoms with van der Waals surface area (Å²) in [4.78, 5) is 11.6. The van der Waals surface area contributed by atoms with Crippen LogP contribution in [0, 0.1) is 0 Å². The van der Waals surface area contributed by atoms with Crippen molar-refractivity contribution in [1.29, 1.82) is 0 Å². The zero-order valence-corrected chi connectivity index (χ0v) is 14.8. The largest absolute Gasteiger partial charge is 0.513 e. The highest BCUT2D eigenvalue weighted by Gasteiger charge is 2.05. The molecule has 0 aliphatic rings. The van der Waals surface area contributed by atoms with Crippen LogP contribution in [0.25, 0.3) is 0 Å².